The van der Waals surface area contributed by atoms with E-state index in [2.05, 4.69) is 29.1 Å². The highest BCUT2D eigenvalue weighted by Gasteiger charge is 2.11. The fourth-order valence-electron chi connectivity index (χ4n) is 1.39. The maximum absolute atomic E-state index is 11.4. The van der Waals surface area contributed by atoms with Crippen LogP contribution in [0.5, 0.6) is 0 Å². The number of nitrogens with one attached hydrogen (secondary N) is 1. The summed E-state index contributed by atoms with van der Waals surface area (Å²) in [5.74, 6) is 0.419. The summed E-state index contributed by atoms with van der Waals surface area (Å²) in [7, 11) is 0. The minimum absolute atomic E-state index is 0.212. The van der Waals surface area contributed by atoms with Crippen LogP contribution in [0, 0.1) is 6.92 Å². The molecule has 15 heavy (non-hydrogen) atoms. The van der Waals surface area contributed by atoms with E-state index < -0.39 is 0 Å². The first-order valence-electron chi connectivity index (χ1n) is 5.18. The van der Waals surface area contributed by atoms with Gasteiger partial charge in [-0.3, -0.25) is 4.79 Å². The van der Waals surface area contributed by atoms with E-state index >= 15 is 0 Å². The Bertz CT molecular complexity index is 361. The third-order valence-electron chi connectivity index (χ3n) is 2.18. The molecule has 0 aromatic carbocycles. The number of aromatic nitrogens is 2. The van der Waals surface area contributed by atoms with Crippen molar-refractivity contribution in [3.63, 3.8) is 0 Å². The largest absolute Gasteiger partial charge is 0.350 e. The van der Waals surface area contributed by atoms with Crippen molar-refractivity contribution in [1.29, 1.82) is 0 Å². The molecule has 1 N–H and O–H groups in total. The third-order valence-corrected chi connectivity index (χ3v) is 2.18. The van der Waals surface area contributed by atoms with Gasteiger partial charge in [-0.15, -0.1) is 0 Å². The Morgan fingerprint density at radius 2 is 2.20 bits per heavy atom. The van der Waals surface area contributed by atoms with E-state index in [0.717, 1.165) is 11.3 Å². The van der Waals surface area contributed by atoms with E-state index in [0.29, 0.717) is 12.5 Å². The average molecular weight is 207 g/mol. The lowest BCUT2D eigenvalue weighted by Gasteiger charge is -2.09. The van der Waals surface area contributed by atoms with Crippen LogP contribution in [0.2, 0.25) is 0 Å². The van der Waals surface area contributed by atoms with E-state index in [1.165, 1.54) is 0 Å². The molecule has 4 heteroatoms. The van der Waals surface area contributed by atoms with Gasteiger partial charge < -0.3 is 5.32 Å². The molecule has 1 rings (SSSR count). The van der Waals surface area contributed by atoms with Gasteiger partial charge in [0.25, 0.3) is 5.91 Å². The maximum Gasteiger partial charge on any atom is 0.289 e. The van der Waals surface area contributed by atoms with Gasteiger partial charge in [0.15, 0.2) is 0 Å². The molecule has 0 saturated heterocycles. The molecular formula is C11H17N3O. The summed E-state index contributed by atoms with van der Waals surface area (Å²) in [4.78, 5) is 19.7. The smallest absolute Gasteiger partial charge is 0.289 e. The number of nitrogens with zero attached hydrogens (tertiary/aromatic N) is 2. The summed E-state index contributed by atoms with van der Waals surface area (Å²) in [6, 6.07) is 0. The molecule has 0 unspecified atom stereocenters. The molecule has 0 bridgehead atoms. The quantitative estimate of drug-likeness (QED) is 0.820. The van der Waals surface area contributed by atoms with Crippen LogP contribution in [0.4, 0.5) is 0 Å². The molecule has 0 fully saturated rings. The van der Waals surface area contributed by atoms with E-state index in [1.807, 2.05) is 13.8 Å². The van der Waals surface area contributed by atoms with Crippen LogP contribution in [-0.4, -0.2) is 22.4 Å². The van der Waals surface area contributed by atoms with Gasteiger partial charge in [-0.25, -0.2) is 9.97 Å². The normalized spacial score (nSPS) is 10.5. The Balaban J connectivity index is 2.96. The number of hydrogen-bond donors (Lipinski definition) is 1. The van der Waals surface area contributed by atoms with Crippen molar-refractivity contribution in [2.45, 2.75) is 33.6 Å². The van der Waals surface area contributed by atoms with Gasteiger partial charge in [0, 0.05) is 18.4 Å². The minimum Gasteiger partial charge on any atom is -0.350 e. The van der Waals surface area contributed by atoms with Gasteiger partial charge in [0.1, 0.15) is 0 Å². The van der Waals surface area contributed by atoms with Crippen LogP contribution < -0.4 is 5.32 Å². The first-order valence-corrected chi connectivity index (χ1v) is 5.18. The molecule has 0 aliphatic rings. The van der Waals surface area contributed by atoms with Crippen molar-refractivity contribution < 1.29 is 4.79 Å². The number of aryl methyl sites for hydroxylation is 1. The zero-order chi connectivity index (χ0) is 11.4. The molecule has 0 aliphatic carbocycles. The van der Waals surface area contributed by atoms with E-state index in [4.69, 9.17) is 0 Å². The van der Waals surface area contributed by atoms with Crippen LogP contribution in [-0.2, 0) is 0 Å². The summed E-state index contributed by atoms with van der Waals surface area (Å²) in [5.41, 5.74) is 1.96. The zero-order valence-corrected chi connectivity index (χ0v) is 9.66. The highest BCUT2D eigenvalue weighted by Crippen LogP contribution is 2.15. The molecular weight excluding hydrogens is 190 g/mol. The second-order valence-corrected chi connectivity index (χ2v) is 3.75. The maximum atomic E-state index is 11.4. The van der Waals surface area contributed by atoms with Crippen molar-refractivity contribution in [1.82, 2.24) is 15.3 Å². The summed E-state index contributed by atoms with van der Waals surface area (Å²) < 4.78 is 0. The molecule has 0 radical (unpaired) electrons. The van der Waals surface area contributed by atoms with Crippen molar-refractivity contribution in [2.75, 3.05) is 6.54 Å². The SMILES string of the molecule is CCNC(=O)c1ncc(C(C)C)c(C)n1. The summed E-state index contributed by atoms with van der Waals surface area (Å²) in [5, 5.41) is 2.67. The number of carbonyl (C=O) groups is 1. The predicted molar refractivity (Wildman–Crippen MR) is 58.9 cm³/mol. The van der Waals surface area contributed by atoms with Crippen LogP contribution in [0.1, 0.15) is 48.6 Å². The van der Waals surface area contributed by atoms with Crippen molar-refractivity contribution in [3.05, 3.63) is 23.3 Å². The molecule has 0 atom stereocenters. The van der Waals surface area contributed by atoms with Crippen LogP contribution >= 0.6 is 0 Å². The lowest BCUT2D eigenvalue weighted by atomic mass is 10.0. The highest BCUT2D eigenvalue weighted by molar-refractivity contribution is 5.90. The van der Waals surface area contributed by atoms with E-state index in [9.17, 15) is 4.79 Å². The molecule has 0 aliphatic heterocycles. The summed E-state index contributed by atoms with van der Waals surface area (Å²) >= 11 is 0. The standard InChI is InChI=1S/C11H17N3O/c1-5-12-11(15)10-13-6-9(7(2)3)8(4)14-10/h6-7H,5H2,1-4H3,(H,12,15). The summed E-state index contributed by atoms with van der Waals surface area (Å²) in [6.07, 6.45) is 1.73. The number of carbonyl (C=O) groups excluding carboxylic acids is 1. The Kier molecular flexibility index (Phi) is 3.77. The van der Waals surface area contributed by atoms with Gasteiger partial charge in [0.05, 0.1) is 0 Å². The molecule has 4 nitrogen and oxygen atoms in total. The van der Waals surface area contributed by atoms with Crippen molar-refractivity contribution in [2.24, 2.45) is 0 Å². The van der Waals surface area contributed by atoms with E-state index in [-0.39, 0.29) is 11.7 Å². The van der Waals surface area contributed by atoms with Crippen LogP contribution in [0.25, 0.3) is 0 Å². The van der Waals surface area contributed by atoms with Crippen LogP contribution in [0.15, 0.2) is 6.20 Å². The fraction of sp³-hybridized carbons (Fsp3) is 0.545. The predicted octanol–water partition coefficient (Wildman–Crippen LogP) is 1.66. The first-order chi connectivity index (χ1) is 7.06. The highest BCUT2D eigenvalue weighted by atomic mass is 16.2. The van der Waals surface area contributed by atoms with Gasteiger partial charge in [0.2, 0.25) is 5.82 Å². The molecule has 0 saturated carbocycles. The minimum atomic E-state index is -0.212. The summed E-state index contributed by atoms with van der Waals surface area (Å²) in [6.45, 7) is 8.52. The molecule has 82 valence electrons. The molecule has 0 spiro atoms. The van der Waals surface area contributed by atoms with E-state index in [1.54, 1.807) is 6.20 Å². The number of rotatable bonds is 3. The fourth-order valence-corrected chi connectivity index (χ4v) is 1.39. The Morgan fingerprint density at radius 3 is 2.67 bits per heavy atom. The monoisotopic (exact) mass is 207 g/mol. The third kappa shape index (κ3) is 2.75. The zero-order valence-electron chi connectivity index (χ0n) is 9.66. The Hall–Kier alpha value is -1.45. The lowest BCUT2D eigenvalue weighted by Crippen LogP contribution is -2.25. The van der Waals surface area contributed by atoms with Crippen LogP contribution in [0.3, 0.4) is 0 Å². The molecule has 1 amide bonds. The Morgan fingerprint density at radius 1 is 1.53 bits per heavy atom. The Labute approximate surface area is 90.1 Å². The molecule has 1 aromatic rings. The second-order valence-electron chi connectivity index (χ2n) is 3.75. The van der Waals surface area contributed by atoms with Gasteiger partial charge >= 0.3 is 0 Å². The van der Waals surface area contributed by atoms with Crippen molar-refractivity contribution >= 4 is 5.91 Å². The topological polar surface area (TPSA) is 54.9 Å². The van der Waals surface area contributed by atoms with Gasteiger partial charge in [-0.05, 0) is 25.3 Å². The number of amides is 1. The molecule has 1 aromatic heterocycles. The van der Waals surface area contributed by atoms with Gasteiger partial charge in [-0.1, -0.05) is 13.8 Å². The lowest BCUT2D eigenvalue weighted by molar-refractivity contribution is 0.0945. The second kappa shape index (κ2) is 4.87. The molecule has 1 heterocycles. The van der Waals surface area contributed by atoms with Gasteiger partial charge in [-0.2, -0.15) is 0 Å². The number of hydrogen-bond acceptors (Lipinski definition) is 3. The first kappa shape index (κ1) is 11.6. The van der Waals surface area contributed by atoms with Crippen molar-refractivity contribution in [3.8, 4) is 0 Å². The average Bonchev–Trinajstić information content (AvgIpc) is 2.17.